The summed E-state index contributed by atoms with van der Waals surface area (Å²) in [7, 11) is -0.570. The second-order valence-electron chi connectivity index (χ2n) is 6.47. The Morgan fingerprint density at radius 1 is 1.07 bits per heavy atom. The number of carbonyl (C=O) groups is 1. The molecule has 0 aliphatic carbocycles. The van der Waals surface area contributed by atoms with Gasteiger partial charge in [0.2, 0.25) is 10.0 Å². The van der Waals surface area contributed by atoms with Gasteiger partial charge in [-0.2, -0.15) is 5.10 Å². The molecule has 0 aliphatic rings. The predicted molar refractivity (Wildman–Crippen MR) is 108 cm³/mol. The summed E-state index contributed by atoms with van der Waals surface area (Å²) in [5.74, 6) is -0.204. The molecule has 0 N–H and O–H groups in total. The lowest BCUT2D eigenvalue weighted by atomic mass is 10.1. The molecular formula is C21H21N3O3S. The fraction of sp³-hybridized carbons (Fsp3) is 0.143. The van der Waals surface area contributed by atoms with E-state index >= 15 is 0 Å². The topological polar surface area (TPSA) is 72.3 Å². The van der Waals surface area contributed by atoms with Crippen molar-refractivity contribution >= 4 is 21.9 Å². The summed E-state index contributed by atoms with van der Waals surface area (Å²) in [6.07, 6.45) is 6.71. The van der Waals surface area contributed by atoms with Gasteiger partial charge in [0.15, 0.2) is 5.78 Å². The Kier molecular flexibility index (Phi) is 5.87. The van der Waals surface area contributed by atoms with E-state index in [4.69, 9.17) is 0 Å². The van der Waals surface area contributed by atoms with Crippen LogP contribution in [0.4, 0.5) is 0 Å². The molecule has 6 nitrogen and oxygen atoms in total. The van der Waals surface area contributed by atoms with Crippen molar-refractivity contribution < 1.29 is 13.2 Å². The van der Waals surface area contributed by atoms with Gasteiger partial charge in [0.25, 0.3) is 0 Å². The molecule has 0 aliphatic heterocycles. The van der Waals surface area contributed by atoms with Crippen molar-refractivity contribution in [3.05, 3.63) is 89.8 Å². The molecule has 0 unspecified atom stereocenters. The highest BCUT2D eigenvalue weighted by Crippen LogP contribution is 2.15. The average Bonchev–Trinajstić information content (AvgIpc) is 3.14. The van der Waals surface area contributed by atoms with Crippen LogP contribution in [0.5, 0.6) is 0 Å². The smallest absolute Gasteiger partial charge is 0.242 e. The number of sulfonamides is 1. The number of rotatable bonds is 7. The van der Waals surface area contributed by atoms with E-state index in [1.54, 1.807) is 17.0 Å². The molecule has 0 bridgehead atoms. The van der Waals surface area contributed by atoms with Crippen molar-refractivity contribution in [2.45, 2.75) is 11.4 Å². The second kappa shape index (κ2) is 8.33. The van der Waals surface area contributed by atoms with Crippen molar-refractivity contribution in [1.82, 2.24) is 14.1 Å². The number of hydrogen-bond acceptors (Lipinski definition) is 4. The highest BCUT2D eigenvalue weighted by molar-refractivity contribution is 7.89. The molecule has 0 saturated heterocycles. The maximum Gasteiger partial charge on any atom is 0.242 e. The van der Waals surface area contributed by atoms with Crippen LogP contribution >= 0.6 is 0 Å². The van der Waals surface area contributed by atoms with Crippen LogP contribution in [0, 0.1) is 0 Å². The number of benzene rings is 2. The highest BCUT2D eigenvalue weighted by atomic mass is 32.2. The quantitative estimate of drug-likeness (QED) is 0.455. The van der Waals surface area contributed by atoms with Crippen molar-refractivity contribution in [3.63, 3.8) is 0 Å². The van der Waals surface area contributed by atoms with Gasteiger partial charge in [-0.25, -0.2) is 12.7 Å². The fourth-order valence-corrected chi connectivity index (χ4v) is 3.49. The number of nitrogens with zero attached hydrogens (tertiary/aromatic N) is 3. The van der Waals surface area contributed by atoms with Crippen molar-refractivity contribution in [2.75, 3.05) is 14.1 Å². The third-order valence-corrected chi connectivity index (χ3v) is 6.01. The minimum absolute atomic E-state index is 0.153. The molecule has 0 atom stereocenters. The third kappa shape index (κ3) is 4.62. The van der Waals surface area contributed by atoms with Crippen LogP contribution in [-0.4, -0.2) is 42.4 Å². The standard InChI is InChI=1S/C21H21N3O3S/c1-23(2)28(26,27)20-11-9-19(10-12-20)21(25)13-8-18-14-22-24(16-18)15-17-6-4-3-5-7-17/h3-14,16H,15H2,1-2H3/b13-8+. The number of ketones is 1. The zero-order chi connectivity index (χ0) is 20.1. The summed E-state index contributed by atoms with van der Waals surface area (Å²) in [5.41, 5.74) is 2.38. The van der Waals surface area contributed by atoms with Crippen molar-refractivity contribution in [2.24, 2.45) is 0 Å². The van der Waals surface area contributed by atoms with E-state index in [1.165, 1.54) is 44.4 Å². The Morgan fingerprint density at radius 3 is 2.39 bits per heavy atom. The first-order valence-electron chi connectivity index (χ1n) is 8.67. The fourth-order valence-electron chi connectivity index (χ4n) is 2.59. The third-order valence-electron chi connectivity index (χ3n) is 4.19. The molecule has 0 amide bonds. The molecule has 1 heterocycles. The molecule has 28 heavy (non-hydrogen) atoms. The number of aromatic nitrogens is 2. The van der Waals surface area contributed by atoms with Gasteiger partial charge in [0.05, 0.1) is 17.6 Å². The Labute approximate surface area is 164 Å². The molecule has 7 heteroatoms. The van der Waals surface area contributed by atoms with Crippen molar-refractivity contribution in [3.8, 4) is 0 Å². The van der Waals surface area contributed by atoms with Gasteiger partial charge in [-0.3, -0.25) is 9.48 Å². The summed E-state index contributed by atoms with van der Waals surface area (Å²) in [6, 6.07) is 15.9. The predicted octanol–water partition coefficient (Wildman–Crippen LogP) is 3.08. The number of hydrogen-bond donors (Lipinski definition) is 0. The Hall–Kier alpha value is -3.03. The van der Waals surface area contributed by atoms with E-state index in [0.717, 1.165) is 15.4 Å². The zero-order valence-electron chi connectivity index (χ0n) is 15.7. The molecule has 1 aromatic heterocycles. The molecular weight excluding hydrogens is 374 g/mol. The molecule has 0 radical (unpaired) electrons. The lowest BCUT2D eigenvalue weighted by Crippen LogP contribution is -2.22. The molecule has 3 aromatic rings. The van der Waals surface area contributed by atoms with Crippen LogP contribution < -0.4 is 0 Å². The van der Waals surface area contributed by atoms with Crippen LogP contribution in [0.1, 0.15) is 21.5 Å². The van der Waals surface area contributed by atoms with E-state index in [0.29, 0.717) is 12.1 Å². The minimum atomic E-state index is -3.50. The Balaban J connectivity index is 1.67. The molecule has 0 fully saturated rings. The molecule has 0 saturated carbocycles. The molecule has 2 aromatic carbocycles. The minimum Gasteiger partial charge on any atom is -0.289 e. The van der Waals surface area contributed by atoms with E-state index in [1.807, 2.05) is 36.5 Å². The summed E-state index contributed by atoms with van der Waals surface area (Å²) in [6.45, 7) is 0.657. The maximum atomic E-state index is 12.3. The second-order valence-corrected chi connectivity index (χ2v) is 8.62. The van der Waals surface area contributed by atoms with Crippen molar-refractivity contribution in [1.29, 1.82) is 0 Å². The average molecular weight is 395 g/mol. The van der Waals surface area contributed by atoms with Gasteiger partial charge in [0.1, 0.15) is 0 Å². The van der Waals surface area contributed by atoms with Gasteiger partial charge in [0, 0.05) is 31.4 Å². The van der Waals surface area contributed by atoms with Gasteiger partial charge < -0.3 is 0 Å². The highest BCUT2D eigenvalue weighted by Gasteiger charge is 2.17. The lowest BCUT2D eigenvalue weighted by molar-refractivity contribution is 0.104. The maximum absolute atomic E-state index is 12.3. The Morgan fingerprint density at radius 2 is 1.75 bits per heavy atom. The van der Waals surface area contributed by atoms with E-state index < -0.39 is 10.0 Å². The summed E-state index contributed by atoms with van der Waals surface area (Å²) in [4.78, 5) is 12.5. The SMILES string of the molecule is CN(C)S(=O)(=O)c1ccc(C(=O)/C=C/c2cnn(Cc3ccccc3)c2)cc1. The first kappa shape index (κ1) is 19.7. The number of carbonyl (C=O) groups excluding carboxylic acids is 1. The van der Waals surface area contributed by atoms with Gasteiger partial charge >= 0.3 is 0 Å². The van der Waals surface area contributed by atoms with E-state index in [9.17, 15) is 13.2 Å². The zero-order valence-corrected chi connectivity index (χ0v) is 16.5. The first-order valence-corrected chi connectivity index (χ1v) is 10.1. The lowest BCUT2D eigenvalue weighted by Gasteiger charge is -2.11. The van der Waals surface area contributed by atoms with Crippen LogP contribution in [0.2, 0.25) is 0 Å². The molecule has 144 valence electrons. The van der Waals surface area contributed by atoms with Gasteiger partial charge in [-0.15, -0.1) is 0 Å². The number of allylic oxidation sites excluding steroid dienone is 1. The molecule has 3 rings (SSSR count). The van der Waals surface area contributed by atoms with E-state index in [2.05, 4.69) is 5.10 Å². The van der Waals surface area contributed by atoms with Crippen LogP contribution in [0.3, 0.4) is 0 Å². The van der Waals surface area contributed by atoms with E-state index in [-0.39, 0.29) is 10.7 Å². The van der Waals surface area contributed by atoms with Crippen LogP contribution in [0.25, 0.3) is 6.08 Å². The first-order chi connectivity index (χ1) is 13.4. The molecule has 0 spiro atoms. The monoisotopic (exact) mass is 395 g/mol. The Bertz CT molecular complexity index is 1080. The van der Waals surface area contributed by atoms with Gasteiger partial charge in [-0.05, 0) is 42.0 Å². The van der Waals surface area contributed by atoms with Crippen LogP contribution in [0.15, 0.2) is 78.0 Å². The summed E-state index contributed by atoms with van der Waals surface area (Å²) in [5, 5.41) is 4.30. The summed E-state index contributed by atoms with van der Waals surface area (Å²) < 4.78 is 27.1. The summed E-state index contributed by atoms with van der Waals surface area (Å²) >= 11 is 0. The largest absolute Gasteiger partial charge is 0.289 e. The van der Waals surface area contributed by atoms with Crippen LogP contribution in [-0.2, 0) is 16.6 Å². The van der Waals surface area contributed by atoms with Gasteiger partial charge in [-0.1, -0.05) is 30.3 Å². The normalized spacial score (nSPS) is 12.0.